The number of amides is 1. The molecule has 0 saturated heterocycles. The van der Waals surface area contributed by atoms with Gasteiger partial charge in [-0.05, 0) is 18.1 Å². The third-order valence-electron chi connectivity index (χ3n) is 2.55. The van der Waals surface area contributed by atoms with Crippen molar-refractivity contribution in [2.45, 2.75) is 13.8 Å². The van der Waals surface area contributed by atoms with E-state index < -0.39 is 17.8 Å². The summed E-state index contributed by atoms with van der Waals surface area (Å²) in [5.74, 6) is -2.37. The summed E-state index contributed by atoms with van der Waals surface area (Å²) in [5, 5.41) is 11.6. The molecule has 0 spiro atoms. The van der Waals surface area contributed by atoms with Gasteiger partial charge in [-0.2, -0.15) is 0 Å². The Bertz CT molecular complexity index is 442. The molecular weight excluding hydrogens is 234 g/mol. The molecule has 1 rings (SSSR count). The summed E-state index contributed by atoms with van der Waals surface area (Å²) in [4.78, 5) is 22.9. The molecule has 18 heavy (non-hydrogen) atoms. The van der Waals surface area contributed by atoms with Crippen molar-refractivity contribution in [1.29, 1.82) is 0 Å². The van der Waals surface area contributed by atoms with E-state index in [1.54, 1.807) is 38.1 Å². The Balaban J connectivity index is 2.82. The number of rotatable bonds is 5. The lowest BCUT2D eigenvalue weighted by Gasteiger charge is -2.16. The van der Waals surface area contributed by atoms with Gasteiger partial charge < -0.3 is 15.2 Å². The molecule has 5 heteroatoms. The van der Waals surface area contributed by atoms with Gasteiger partial charge in [0.15, 0.2) is 0 Å². The summed E-state index contributed by atoms with van der Waals surface area (Å²) in [6.07, 6.45) is 0. The molecule has 0 aliphatic carbocycles. The number of carboxylic acid groups (broad SMARTS) is 1. The van der Waals surface area contributed by atoms with Crippen LogP contribution in [0.2, 0.25) is 0 Å². The maximum Gasteiger partial charge on any atom is 0.316 e. The molecule has 0 fully saturated rings. The molecule has 0 radical (unpaired) electrons. The second-order valence-corrected chi connectivity index (χ2v) is 4.28. The van der Waals surface area contributed by atoms with Crippen molar-refractivity contribution in [1.82, 2.24) is 0 Å². The predicted octanol–water partition coefficient (Wildman–Crippen LogP) is 1.99. The van der Waals surface area contributed by atoms with Crippen molar-refractivity contribution in [3.63, 3.8) is 0 Å². The molecule has 0 aliphatic heterocycles. The predicted molar refractivity (Wildman–Crippen MR) is 67.6 cm³/mol. The lowest BCUT2D eigenvalue weighted by Crippen LogP contribution is -2.33. The van der Waals surface area contributed by atoms with Crippen LogP contribution in [0.1, 0.15) is 13.8 Å². The number of carboxylic acids is 1. The number of anilines is 1. The number of hydrogen-bond donors (Lipinski definition) is 2. The van der Waals surface area contributed by atoms with Crippen LogP contribution in [-0.4, -0.2) is 24.1 Å². The third kappa shape index (κ3) is 3.48. The van der Waals surface area contributed by atoms with E-state index in [-0.39, 0.29) is 5.92 Å². The molecule has 2 N–H and O–H groups in total. The lowest BCUT2D eigenvalue weighted by atomic mass is 9.95. The van der Waals surface area contributed by atoms with Crippen molar-refractivity contribution >= 4 is 17.6 Å². The highest BCUT2D eigenvalue weighted by Gasteiger charge is 2.29. The summed E-state index contributed by atoms with van der Waals surface area (Å²) < 4.78 is 5.02. The van der Waals surface area contributed by atoms with E-state index in [1.807, 2.05) is 0 Å². The van der Waals surface area contributed by atoms with Gasteiger partial charge in [0.05, 0.1) is 7.11 Å². The molecule has 0 heterocycles. The second kappa shape index (κ2) is 6.05. The van der Waals surface area contributed by atoms with Crippen LogP contribution in [0.5, 0.6) is 5.75 Å². The van der Waals surface area contributed by atoms with Crippen molar-refractivity contribution in [2.24, 2.45) is 11.8 Å². The third-order valence-corrected chi connectivity index (χ3v) is 2.55. The van der Waals surface area contributed by atoms with Crippen LogP contribution in [0.4, 0.5) is 5.69 Å². The van der Waals surface area contributed by atoms with Crippen LogP contribution in [-0.2, 0) is 9.59 Å². The van der Waals surface area contributed by atoms with Gasteiger partial charge in [-0.3, -0.25) is 9.59 Å². The van der Waals surface area contributed by atoms with Crippen LogP contribution in [0, 0.1) is 11.8 Å². The van der Waals surface area contributed by atoms with Gasteiger partial charge in [-0.1, -0.05) is 19.9 Å². The SMILES string of the molecule is COc1cccc(NC(=O)C(C(=O)O)C(C)C)c1. The van der Waals surface area contributed by atoms with Gasteiger partial charge in [0.2, 0.25) is 5.91 Å². The summed E-state index contributed by atoms with van der Waals surface area (Å²) in [6.45, 7) is 3.40. The number of methoxy groups -OCH3 is 1. The summed E-state index contributed by atoms with van der Waals surface area (Å²) >= 11 is 0. The Kier molecular flexibility index (Phi) is 4.71. The van der Waals surface area contributed by atoms with Crippen LogP contribution >= 0.6 is 0 Å². The zero-order valence-corrected chi connectivity index (χ0v) is 10.6. The molecule has 1 amide bonds. The van der Waals surface area contributed by atoms with Crippen molar-refractivity contribution in [3.8, 4) is 5.75 Å². The number of ether oxygens (including phenoxy) is 1. The molecule has 1 atom stereocenters. The maximum atomic E-state index is 11.9. The number of benzene rings is 1. The van der Waals surface area contributed by atoms with Crippen molar-refractivity contribution < 1.29 is 19.4 Å². The summed E-state index contributed by atoms with van der Waals surface area (Å²) in [7, 11) is 1.52. The molecule has 1 aromatic carbocycles. The minimum atomic E-state index is -1.12. The van der Waals surface area contributed by atoms with Gasteiger partial charge in [0.1, 0.15) is 11.7 Å². The molecule has 0 aliphatic rings. The van der Waals surface area contributed by atoms with Crippen molar-refractivity contribution in [2.75, 3.05) is 12.4 Å². The zero-order chi connectivity index (χ0) is 13.7. The Morgan fingerprint density at radius 1 is 1.33 bits per heavy atom. The minimum Gasteiger partial charge on any atom is -0.497 e. The smallest absolute Gasteiger partial charge is 0.316 e. The number of aliphatic carboxylic acids is 1. The van der Waals surface area contributed by atoms with E-state index in [0.717, 1.165) is 0 Å². The lowest BCUT2D eigenvalue weighted by molar-refractivity contribution is -0.147. The van der Waals surface area contributed by atoms with Gasteiger partial charge in [-0.25, -0.2) is 0 Å². The molecule has 0 aromatic heterocycles. The highest BCUT2D eigenvalue weighted by Crippen LogP contribution is 2.19. The first-order valence-electron chi connectivity index (χ1n) is 5.63. The van der Waals surface area contributed by atoms with Gasteiger partial charge in [-0.15, -0.1) is 0 Å². The Hall–Kier alpha value is -2.04. The van der Waals surface area contributed by atoms with Crippen molar-refractivity contribution in [3.05, 3.63) is 24.3 Å². The zero-order valence-electron chi connectivity index (χ0n) is 10.6. The maximum absolute atomic E-state index is 11.9. The fraction of sp³-hybridized carbons (Fsp3) is 0.385. The van der Waals surface area contributed by atoms with E-state index in [4.69, 9.17) is 9.84 Å². The monoisotopic (exact) mass is 251 g/mol. The summed E-state index contributed by atoms with van der Waals surface area (Å²) in [5.41, 5.74) is 0.520. The van der Waals surface area contributed by atoms with Gasteiger partial charge >= 0.3 is 5.97 Å². The molecule has 1 unspecified atom stereocenters. The van der Waals surface area contributed by atoms with Crippen LogP contribution in [0.15, 0.2) is 24.3 Å². The van der Waals surface area contributed by atoms with E-state index >= 15 is 0 Å². The molecular formula is C13H17NO4. The normalized spacial score (nSPS) is 12.0. The first-order valence-corrected chi connectivity index (χ1v) is 5.63. The Morgan fingerprint density at radius 2 is 2.00 bits per heavy atom. The first-order chi connectivity index (χ1) is 8.45. The Morgan fingerprint density at radius 3 is 2.50 bits per heavy atom. The Labute approximate surface area is 106 Å². The molecule has 5 nitrogen and oxygen atoms in total. The molecule has 98 valence electrons. The topological polar surface area (TPSA) is 75.6 Å². The molecule has 1 aromatic rings. The highest BCUT2D eigenvalue weighted by molar-refractivity contribution is 6.04. The van der Waals surface area contributed by atoms with Gasteiger partial charge in [0, 0.05) is 11.8 Å². The minimum absolute atomic E-state index is 0.270. The number of carbonyl (C=O) groups is 2. The number of hydrogen-bond acceptors (Lipinski definition) is 3. The summed E-state index contributed by atoms with van der Waals surface area (Å²) in [6, 6.07) is 6.78. The molecule has 0 saturated carbocycles. The van der Waals surface area contributed by atoms with Crippen LogP contribution in [0.25, 0.3) is 0 Å². The number of carbonyl (C=O) groups excluding carboxylic acids is 1. The average Bonchev–Trinajstić information content (AvgIpc) is 2.28. The van der Waals surface area contributed by atoms with Crippen LogP contribution < -0.4 is 10.1 Å². The van der Waals surface area contributed by atoms with E-state index in [9.17, 15) is 9.59 Å². The largest absolute Gasteiger partial charge is 0.497 e. The van der Waals surface area contributed by atoms with Crippen LogP contribution in [0.3, 0.4) is 0 Å². The molecule has 0 bridgehead atoms. The average molecular weight is 251 g/mol. The van der Waals surface area contributed by atoms with Gasteiger partial charge in [0.25, 0.3) is 0 Å². The number of nitrogens with one attached hydrogen (secondary N) is 1. The van der Waals surface area contributed by atoms with E-state index in [1.165, 1.54) is 7.11 Å². The standard InChI is InChI=1S/C13H17NO4/c1-8(2)11(13(16)17)12(15)14-9-5-4-6-10(7-9)18-3/h4-8,11H,1-3H3,(H,14,15)(H,16,17). The van der Waals surface area contributed by atoms with E-state index in [0.29, 0.717) is 11.4 Å². The quantitative estimate of drug-likeness (QED) is 0.785. The first kappa shape index (κ1) is 14.0. The van der Waals surface area contributed by atoms with E-state index in [2.05, 4.69) is 5.32 Å². The second-order valence-electron chi connectivity index (χ2n) is 4.28. The fourth-order valence-electron chi connectivity index (χ4n) is 1.62. The fourth-order valence-corrected chi connectivity index (χ4v) is 1.62. The highest BCUT2D eigenvalue weighted by atomic mass is 16.5.